The van der Waals surface area contributed by atoms with Gasteiger partial charge in [0.25, 0.3) is 0 Å². The number of ether oxygens (including phenoxy) is 1. The maximum atomic E-state index is 11.0. The number of hydrogen-bond acceptors (Lipinski definition) is 6. The summed E-state index contributed by atoms with van der Waals surface area (Å²) in [5.74, 6) is 1.47. The van der Waals surface area contributed by atoms with E-state index in [-0.39, 0.29) is 0 Å². The number of pyridine rings is 1. The van der Waals surface area contributed by atoms with E-state index in [9.17, 15) is 4.79 Å². The van der Waals surface area contributed by atoms with Crippen LogP contribution in [-0.4, -0.2) is 64.6 Å². The van der Waals surface area contributed by atoms with Crippen LogP contribution >= 0.6 is 0 Å². The second-order valence-corrected chi connectivity index (χ2v) is 6.31. The smallest absolute Gasteiger partial charge is 0.407 e. The number of carboxylic acid groups (broad SMARTS) is 1. The molecule has 0 bridgehead atoms. The Kier molecular flexibility index (Phi) is 4.45. The number of aromatic nitrogens is 3. The largest absolute Gasteiger partial charge is 0.496 e. The number of methoxy groups -OCH3 is 1. The minimum atomic E-state index is -0.881. The van der Waals surface area contributed by atoms with Crippen molar-refractivity contribution in [3.8, 4) is 17.0 Å². The molecule has 1 N–H and O–H groups in total. The van der Waals surface area contributed by atoms with Gasteiger partial charge in [0.1, 0.15) is 5.75 Å². The van der Waals surface area contributed by atoms with Crippen LogP contribution in [0.5, 0.6) is 5.75 Å². The normalized spacial score (nSPS) is 14.4. The van der Waals surface area contributed by atoms with E-state index in [2.05, 4.69) is 15.2 Å². The van der Waals surface area contributed by atoms with Gasteiger partial charge in [-0.3, -0.25) is 4.98 Å². The van der Waals surface area contributed by atoms with Gasteiger partial charge in [0, 0.05) is 49.5 Å². The lowest BCUT2D eigenvalue weighted by Gasteiger charge is -2.33. The minimum absolute atomic E-state index is 0.463. The Balaban J connectivity index is 1.59. The first-order valence-electron chi connectivity index (χ1n) is 8.64. The molecule has 3 aromatic rings. The molecule has 1 aliphatic rings. The number of fused-ring (bicyclic) bond motifs is 1. The molecule has 1 aliphatic heterocycles. The highest BCUT2D eigenvalue weighted by Gasteiger charge is 2.21. The third kappa shape index (κ3) is 3.33. The van der Waals surface area contributed by atoms with E-state index in [0.29, 0.717) is 31.9 Å². The summed E-state index contributed by atoms with van der Waals surface area (Å²) in [6.07, 6.45) is 2.68. The van der Waals surface area contributed by atoms with Gasteiger partial charge in [0.05, 0.1) is 12.8 Å². The number of amides is 1. The van der Waals surface area contributed by atoms with Crippen molar-refractivity contribution < 1.29 is 14.6 Å². The van der Waals surface area contributed by atoms with Gasteiger partial charge >= 0.3 is 6.09 Å². The highest BCUT2D eigenvalue weighted by Crippen LogP contribution is 2.33. The Morgan fingerprint density at radius 2 is 1.89 bits per heavy atom. The maximum Gasteiger partial charge on any atom is 0.407 e. The van der Waals surface area contributed by atoms with Crippen LogP contribution < -0.4 is 9.64 Å². The van der Waals surface area contributed by atoms with Crippen LogP contribution in [0.2, 0.25) is 0 Å². The summed E-state index contributed by atoms with van der Waals surface area (Å²) in [6.45, 7) is 2.13. The Labute approximate surface area is 156 Å². The summed E-state index contributed by atoms with van der Waals surface area (Å²) in [6, 6.07) is 9.72. The third-order valence-corrected chi connectivity index (χ3v) is 4.76. The SMILES string of the molecule is COc1cc2ccncc2cc1-c1ccc(N2CCN(C(=O)O)CC2)nn1. The number of nitrogens with zero attached hydrogens (tertiary/aromatic N) is 5. The van der Waals surface area contributed by atoms with Crippen molar-refractivity contribution in [1.29, 1.82) is 0 Å². The molecular weight excluding hydrogens is 346 g/mol. The molecule has 4 rings (SSSR count). The summed E-state index contributed by atoms with van der Waals surface area (Å²) < 4.78 is 5.53. The van der Waals surface area contributed by atoms with E-state index in [1.54, 1.807) is 13.3 Å². The van der Waals surface area contributed by atoms with Crippen LogP contribution in [0.4, 0.5) is 10.6 Å². The fraction of sp³-hybridized carbons (Fsp3) is 0.263. The van der Waals surface area contributed by atoms with Crippen LogP contribution in [-0.2, 0) is 0 Å². The Hall–Kier alpha value is -3.42. The zero-order valence-electron chi connectivity index (χ0n) is 14.9. The van der Waals surface area contributed by atoms with Crippen molar-refractivity contribution >= 4 is 22.7 Å². The van der Waals surface area contributed by atoms with Gasteiger partial charge < -0.3 is 19.6 Å². The molecule has 0 radical (unpaired) electrons. The van der Waals surface area contributed by atoms with Gasteiger partial charge in [0.15, 0.2) is 5.82 Å². The van der Waals surface area contributed by atoms with Crippen molar-refractivity contribution in [1.82, 2.24) is 20.1 Å². The molecule has 0 aliphatic carbocycles. The predicted octanol–water partition coefficient (Wildman–Crippen LogP) is 2.50. The van der Waals surface area contributed by atoms with E-state index in [4.69, 9.17) is 9.84 Å². The van der Waals surface area contributed by atoms with Crippen molar-refractivity contribution in [3.63, 3.8) is 0 Å². The maximum absolute atomic E-state index is 11.0. The average molecular weight is 365 g/mol. The molecule has 1 aromatic carbocycles. The molecule has 8 heteroatoms. The predicted molar refractivity (Wildman–Crippen MR) is 101 cm³/mol. The molecule has 1 amide bonds. The lowest BCUT2D eigenvalue weighted by molar-refractivity contribution is 0.142. The quantitative estimate of drug-likeness (QED) is 0.762. The highest BCUT2D eigenvalue weighted by atomic mass is 16.5. The molecule has 0 atom stereocenters. The molecule has 3 heterocycles. The van der Waals surface area contributed by atoms with Crippen LogP contribution in [0.15, 0.2) is 42.7 Å². The van der Waals surface area contributed by atoms with Gasteiger partial charge in [-0.05, 0) is 35.7 Å². The fourth-order valence-corrected chi connectivity index (χ4v) is 3.25. The highest BCUT2D eigenvalue weighted by molar-refractivity contribution is 5.89. The molecule has 138 valence electrons. The van der Waals surface area contributed by atoms with E-state index in [1.807, 2.05) is 41.4 Å². The van der Waals surface area contributed by atoms with Gasteiger partial charge in [-0.1, -0.05) is 0 Å². The van der Waals surface area contributed by atoms with Gasteiger partial charge in [-0.2, -0.15) is 0 Å². The Morgan fingerprint density at radius 1 is 1.07 bits per heavy atom. The molecule has 0 saturated carbocycles. The van der Waals surface area contributed by atoms with Gasteiger partial charge in [0.2, 0.25) is 0 Å². The summed E-state index contributed by atoms with van der Waals surface area (Å²) in [4.78, 5) is 18.6. The van der Waals surface area contributed by atoms with E-state index >= 15 is 0 Å². The minimum Gasteiger partial charge on any atom is -0.496 e. The van der Waals surface area contributed by atoms with Crippen LogP contribution in [0.25, 0.3) is 22.0 Å². The zero-order valence-corrected chi connectivity index (χ0v) is 14.9. The Bertz CT molecular complexity index is 969. The zero-order chi connectivity index (χ0) is 18.8. The summed E-state index contributed by atoms with van der Waals surface area (Å²) >= 11 is 0. The lowest BCUT2D eigenvalue weighted by Crippen LogP contribution is -2.48. The number of hydrogen-bond donors (Lipinski definition) is 1. The monoisotopic (exact) mass is 365 g/mol. The van der Waals surface area contributed by atoms with E-state index in [1.165, 1.54) is 4.90 Å². The van der Waals surface area contributed by atoms with E-state index in [0.717, 1.165) is 27.9 Å². The van der Waals surface area contributed by atoms with Gasteiger partial charge in [-0.15, -0.1) is 10.2 Å². The molecule has 1 saturated heterocycles. The third-order valence-electron chi connectivity index (χ3n) is 4.76. The fourth-order valence-electron chi connectivity index (χ4n) is 3.25. The molecule has 0 unspecified atom stereocenters. The van der Waals surface area contributed by atoms with Crippen molar-refractivity contribution in [3.05, 3.63) is 42.7 Å². The summed E-state index contributed by atoms with van der Waals surface area (Å²) in [7, 11) is 1.63. The lowest BCUT2D eigenvalue weighted by atomic mass is 10.1. The average Bonchev–Trinajstić information content (AvgIpc) is 2.73. The molecular formula is C19H19N5O3. The van der Waals surface area contributed by atoms with Crippen molar-refractivity contribution in [2.45, 2.75) is 0 Å². The van der Waals surface area contributed by atoms with Gasteiger partial charge in [-0.25, -0.2) is 4.79 Å². The van der Waals surface area contributed by atoms with Crippen molar-refractivity contribution in [2.24, 2.45) is 0 Å². The first-order chi connectivity index (χ1) is 13.2. The summed E-state index contributed by atoms with van der Waals surface area (Å²) in [5.41, 5.74) is 1.57. The molecule has 27 heavy (non-hydrogen) atoms. The standard InChI is InChI=1S/C19H19N5O3/c1-27-17-11-13-4-5-20-12-14(13)10-15(17)16-2-3-18(22-21-16)23-6-8-24(9-7-23)19(25)26/h2-5,10-12H,6-9H2,1H3,(H,25,26). The number of rotatable bonds is 3. The van der Waals surface area contributed by atoms with Crippen LogP contribution in [0, 0.1) is 0 Å². The topological polar surface area (TPSA) is 91.7 Å². The number of anilines is 1. The van der Waals surface area contributed by atoms with Crippen molar-refractivity contribution in [2.75, 3.05) is 38.2 Å². The summed E-state index contributed by atoms with van der Waals surface area (Å²) in [5, 5.41) is 19.8. The molecule has 8 nitrogen and oxygen atoms in total. The second kappa shape index (κ2) is 7.06. The Morgan fingerprint density at radius 3 is 2.56 bits per heavy atom. The van der Waals surface area contributed by atoms with E-state index < -0.39 is 6.09 Å². The number of benzene rings is 1. The molecule has 1 fully saturated rings. The first-order valence-corrected chi connectivity index (χ1v) is 8.64. The number of carbonyl (C=O) groups is 1. The number of piperazine rings is 1. The molecule has 2 aromatic heterocycles. The second-order valence-electron chi connectivity index (χ2n) is 6.31. The van der Waals surface area contributed by atoms with Crippen LogP contribution in [0.1, 0.15) is 0 Å². The first kappa shape index (κ1) is 17.0. The molecule has 0 spiro atoms. The van der Waals surface area contributed by atoms with Crippen LogP contribution in [0.3, 0.4) is 0 Å².